The van der Waals surface area contributed by atoms with E-state index in [-0.39, 0.29) is 11.7 Å². The zero-order valence-electron chi connectivity index (χ0n) is 12.9. The van der Waals surface area contributed by atoms with Gasteiger partial charge >= 0.3 is 0 Å². The van der Waals surface area contributed by atoms with Gasteiger partial charge in [0, 0.05) is 17.5 Å². The molecular weight excluding hydrogens is 300 g/mol. The van der Waals surface area contributed by atoms with E-state index in [9.17, 15) is 13.2 Å². The third kappa shape index (κ3) is 7.08. The van der Waals surface area contributed by atoms with Crippen LogP contribution in [0, 0.1) is 0 Å². The molecule has 0 fully saturated rings. The van der Waals surface area contributed by atoms with Gasteiger partial charge in [-0.2, -0.15) is 0 Å². The van der Waals surface area contributed by atoms with Crippen molar-refractivity contribution in [1.82, 2.24) is 0 Å². The normalized spacial score (nSPS) is 11.9. The number of allylic oxidation sites excluding steroid dienone is 3. The molecule has 0 unspecified atom stereocenters. The fourth-order valence-electron chi connectivity index (χ4n) is 1.62. The minimum absolute atomic E-state index is 0.109. The van der Waals surface area contributed by atoms with E-state index >= 15 is 0 Å². The van der Waals surface area contributed by atoms with Crippen LogP contribution in [0.1, 0.15) is 26.7 Å². The van der Waals surface area contributed by atoms with E-state index < -0.39 is 10.0 Å². The number of hydrogen-bond acceptors (Lipinski definition) is 3. The number of anilines is 2. The summed E-state index contributed by atoms with van der Waals surface area (Å²) in [6, 6.07) is 6.54. The van der Waals surface area contributed by atoms with E-state index in [2.05, 4.69) is 10.0 Å². The fraction of sp³-hybridized carbons (Fsp3) is 0.312. The molecule has 0 saturated heterocycles. The standard InChI is InChI=1S/C16H22N2O3S/c1-3-5-7-8-16(19)17-14-9-11-15(12-10-14)18-22(20,21)13-6-4-2/h3,5,7-12,18H,4,6,13H2,1-2H3,(H,17,19). The molecule has 1 aromatic carbocycles. The Balaban J connectivity index is 2.61. The van der Waals surface area contributed by atoms with Gasteiger partial charge in [-0.25, -0.2) is 8.42 Å². The minimum Gasteiger partial charge on any atom is -0.323 e. The van der Waals surface area contributed by atoms with Crippen LogP contribution in [0.2, 0.25) is 0 Å². The highest BCUT2D eigenvalue weighted by molar-refractivity contribution is 7.92. The van der Waals surface area contributed by atoms with E-state index in [1.54, 1.807) is 36.4 Å². The molecule has 0 spiro atoms. The molecule has 0 aliphatic carbocycles. The van der Waals surface area contributed by atoms with Crippen molar-refractivity contribution in [2.24, 2.45) is 0 Å². The van der Waals surface area contributed by atoms with Gasteiger partial charge in [0.05, 0.1) is 5.75 Å². The number of hydrogen-bond donors (Lipinski definition) is 2. The summed E-state index contributed by atoms with van der Waals surface area (Å²) in [7, 11) is -3.30. The van der Waals surface area contributed by atoms with Crippen LogP contribution in [0.25, 0.3) is 0 Å². The number of amides is 1. The molecule has 1 rings (SSSR count). The first-order chi connectivity index (χ1) is 10.5. The molecule has 5 nitrogen and oxygen atoms in total. The topological polar surface area (TPSA) is 75.3 Å². The molecular formula is C16H22N2O3S. The zero-order valence-corrected chi connectivity index (χ0v) is 13.7. The number of nitrogens with one attached hydrogen (secondary N) is 2. The van der Waals surface area contributed by atoms with Crippen LogP contribution >= 0.6 is 0 Å². The number of rotatable bonds is 8. The number of sulfonamides is 1. The smallest absolute Gasteiger partial charge is 0.248 e. The van der Waals surface area contributed by atoms with Crippen LogP contribution in [0.5, 0.6) is 0 Å². The molecule has 1 aromatic rings. The van der Waals surface area contributed by atoms with Crippen LogP contribution in [-0.2, 0) is 14.8 Å². The van der Waals surface area contributed by atoms with Gasteiger partial charge in [-0.05, 0) is 37.6 Å². The number of unbranched alkanes of at least 4 members (excludes halogenated alkanes) is 1. The van der Waals surface area contributed by atoms with Gasteiger partial charge in [0.2, 0.25) is 15.9 Å². The van der Waals surface area contributed by atoms with Crippen molar-refractivity contribution >= 4 is 27.3 Å². The Morgan fingerprint density at radius 2 is 1.77 bits per heavy atom. The zero-order chi connectivity index (χ0) is 16.4. The third-order valence-corrected chi connectivity index (χ3v) is 4.12. The van der Waals surface area contributed by atoms with Crippen LogP contribution in [0.4, 0.5) is 11.4 Å². The second-order valence-corrected chi connectivity index (χ2v) is 6.57. The first kappa shape index (κ1) is 18.0. The fourth-order valence-corrected chi connectivity index (χ4v) is 2.89. The van der Waals surface area contributed by atoms with Crippen molar-refractivity contribution in [1.29, 1.82) is 0 Å². The Morgan fingerprint density at radius 3 is 2.36 bits per heavy atom. The highest BCUT2D eigenvalue weighted by atomic mass is 32.2. The lowest BCUT2D eigenvalue weighted by atomic mass is 10.3. The summed E-state index contributed by atoms with van der Waals surface area (Å²) in [5.41, 5.74) is 1.09. The van der Waals surface area contributed by atoms with E-state index in [0.717, 1.165) is 6.42 Å². The number of carbonyl (C=O) groups excluding carboxylic acids is 1. The Labute approximate surface area is 132 Å². The maximum absolute atomic E-state index is 11.8. The molecule has 120 valence electrons. The van der Waals surface area contributed by atoms with E-state index in [0.29, 0.717) is 17.8 Å². The van der Waals surface area contributed by atoms with Gasteiger partial charge in [0.15, 0.2) is 0 Å². The largest absolute Gasteiger partial charge is 0.323 e. The predicted molar refractivity (Wildman–Crippen MR) is 91.3 cm³/mol. The van der Waals surface area contributed by atoms with Crippen molar-refractivity contribution in [3.63, 3.8) is 0 Å². The van der Waals surface area contributed by atoms with Crippen molar-refractivity contribution in [2.75, 3.05) is 15.8 Å². The molecule has 2 N–H and O–H groups in total. The molecule has 0 saturated carbocycles. The highest BCUT2D eigenvalue weighted by Crippen LogP contribution is 2.15. The number of carbonyl (C=O) groups is 1. The monoisotopic (exact) mass is 322 g/mol. The predicted octanol–water partition coefficient (Wildman–Crippen LogP) is 3.30. The first-order valence-corrected chi connectivity index (χ1v) is 8.83. The van der Waals surface area contributed by atoms with Crippen molar-refractivity contribution in [3.8, 4) is 0 Å². The van der Waals surface area contributed by atoms with Crippen molar-refractivity contribution < 1.29 is 13.2 Å². The second kappa shape index (κ2) is 9.04. The van der Waals surface area contributed by atoms with Gasteiger partial charge in [-0.15, -0.1) is 0 Å². The average Bonchev–Trinajstić information content (AvgIpc) is 2.47. The molecule has 0 heterocycles. The van der Waals surface area contributed by atoms with E-state index in [1.807, 2.05) is 19.9 Å². The summed E-state index contributed by atoms with van der Waals surface area (Å²) in [6.07, 6.45) is 8.10. The molecule has 0 bridgehead atoms. The third-order valence-electron chi connectivity index (χ3n) is 2.74. The summed E-state index contributed by atoms with van der Waals surface area (Å²) in [5, 5.41) is 2.69. The highest BCUT2D eigenvalue weighted by Gasteiger charge is 2.09. The average molecular weight is 322 g/mol. The summed E-state index contributed by atoms with van der Waals surface area (Å²) in [6.45, 7) is 3.81. The van der Waals surface area contributed by atoms with Crippen LogP contribution in [-0.4, -0.2) is 20.1 Å². The van der Waals surface area contributed by atoms with Gasteiger partial charge < -0.3 is 5.32 Å². The van der Waals surface area contributed by atoms with E-state index in [1.165, 1.54) is 6.08 Å². The molecule has 6 heteroatoms. The molecule has 1 amide bonds. The molecule has 0 atom stereocenters. The Kier molecular flexibility index (Phi) is 7.39. The van der Waals surface area contributed by atoms with Crippen LogP contribution < -0.4 is 10.0 Å². The molecule has 22 heavy (non-hydrogen) atoms. The minimum atomic E-state index is -3.30. The van der Waals surface area contributed by atoms with Gasteiger partial charge in [-0.1, -0.05) is 31.6 Å². The Morgan fingerprint density at radius 1 is 1.14 bits per heavy atom. The maximum Gasteiger partial charge on any atom is 0.248 e. The van der Waals surface area contributed by atoms with Crippen molar-refractivity contribution in [2.45, 2.75) is 26.7 Å². The van der Waals surface area contributed by atoms with Crippen molar-refractivity contribution in [3.05, 3.63) is 48.6 Å². The summed E-state index contributed by atoms with van der Waals surface area (Å²) >= 11 is 0. The van der Waals surface area contributed by atoms with Gasteiger partial charge in [0.1, 0.15) is 0 Å². The van der Waals surface area contributed by atoms with E-state index in [4.69, 9.17) is 0 Å². The summed E-state index contributed by atoms with van der Waals surface area (Å²) in [5.74, 6) is -0.132. The van der Waals surface area contributed by atoms with Crippen LogP contribution in [0.15, 0.2) is 48.6 Å². The Bertz CT molecular complexity index is 632. The quantitative estimate of drug-likeness (QED) is 0.569. The lowest BCUT2D eigenvalue weighted by molar-refractivity contribution is -0.111. The first-order valence-electron chi connectivity index (χ1n) is 7.17. The number of benzene rings is 1. The molecule has 0 aliphatic rings. The molecule has 0 radical (unpaired) electrons. The van der Waals surface area contributed by atoms with Gasteiger partial charge in [0.25, 0.3) is 0 Å². The SMILES string of the molecule is CC=CC=CC(=O)Nc1ccc(NS(=O)(=O)CCCC)cc1. The maximum atomic E-state index is 11.8. The van der Waals surface area contributed by atoms with Crippen LogP contribution in [0.3, 0.4) is 0 Å². The summed E-state index contributed by atoms with van der Waals surface area (Å²) < 4.78 is 26.1. The van der Waals surface area contributed by atoms with Gasteiger partial charge in [-0.3, -0.25) is 9.52 Å². The molecule has 0 aliphatic heterocycles. The summed E-state index contributed by atoms with van der Waals surface area (Å²) in [4.78, 5) is 11.6. The second-order valence-electron chi connectivity index (χ2n) is 4.73. The lowest BCUT2D eigenvalue weighted by Crippen LogP contribution is -2.16. The Hall–Kier alpha value is -2.08. The molecule has 0 aromatic heterocycles. The lowest BCUT2D eigenvalue weighted by Gasteiger charge is -2.08.